The van der Waals surface area contributed by atoms with Crippen LogP contribution in [0.4, 0.5) is 16.2 Å². The summed E-state index contributed by atoms with van der Waals surface area (Å²) in [5.74, 6) is -0.272. The molecule has 0 spiro atoms. The molecule has 2 aromatic rings. The summed E-state index contributed by atoms with van der Waals surface area (Å²) in [6.07, 6.45) is 2.33. The second kappa shape index (κ2) is 10.3. The van der Waals surface area contributed by atoms with Gasteiger partial charge < -0.3 is 19.9 Å². The van der Waals surface area contributed by atoms with Crippen molar-refractivity contribution in [2.24, 2.45) is 5.92 Å². The number of hydrogen-bond acceptors (Lipinski definition) is 5. The number of aromatic nitrogens is 1. The minimum absolute atomic E-state index is 0.109. The van der Waals surface area contributed by atoms with Crippen molar-refractivity contribution in [2.45, 2.75) is 51.5 Å². The number of urea groups is 1. The Morgan fingerprint density at radius 3 is 2.34 bits per heavy atom. The van der Waals surface area contributed by atoms with E-state index in [0.29, 0.717) is 37.3 Å². The van der Waals surface area contributed by atoms with Crippen LogP contribution >= 0.6 is 0 Å². The van der Waals surface area contributed by atoms with Crippen LogP contribution in [-0.4, -0.2) is 42.4 Å². The zero-order valence-electron chi connectivity index (χ0n) is 19.0. The van der Waals surface area contributed by atoms with Gasteiger partial charge >= 0.3 is 12.0 Å². The molecule has 1 heterocycles. The van der Waals surface area contributed by atoms with Crippen LogP contribution in [0.15, 0.2) is 36.4 Å². The molecule has 172 valence electrons. The van der Waals surface area contributed by atoms with Gasteiger partial charge in [-0.15, -0.1) is 0 Å². The molecule has 1 fully saturated rings. The maximum Gasteiger partial charge on any atom is 0.326 e. The molecule has 0 atom stereocenters. The zero-order valence-corrected chi connectivity index (χ0v) is 19.0. The number of methoxy groups -OCH3 is 2. The van der Waals surface area contributed by atoms with Gasteiger partial charge in [0.2, 0.25) is 11.8 Å². The molecule has 0 bridgehead atoms. The van der Waals surface area contributed by atoms with Crippen molar-refractivity contribution >= 4 is 23.4 Å². The van der Waals surface area contributed by atoms with E-state index in [9.17, 15) is 14.7 Å². The normalized spacial score (nSPS) is 18.2. The number of nitrogens with zero attached hydrogens (tertiary/aromatic N) is 2. The van der Waals surface area contributed by atoms with Crippen LogP contribution in [0.3, 0.4) is 0 Å². The van der Waals surface area contributed by atoms with Gasteiger partial charge in [-0.05, 0) is 49.3 Å². The Hall–Kier alpha value is -3.29. The number of pyridine rings is 1. The maximum atomic E-state index is 13.6. The number of amides is 2. The van der Waals surface area contributed by atoms with Crippen molar-refractivity contribution in [3.8, 4) is 11.8 Å². The van der Waals surface area contributed by atoms with Crippen molar-refractivity contribution in [1.82, 2.24) is 4.98 Å². The van der Waals surface area contributed by atoms with Gasteiger partial charge in [0, 0.05) is 17.8 Å². The van der Waals surface area contributed by atoms with Gasteiger partial charge in [0.15, 0.2) is 0 Å². The van der Waals surface area contributed by atoms with Gasteiger partial charge in [-0.25, -0.2) is 4.79 Å². The SMILES string of the molecule is COc1ccc(NC(=O)N(c2ccccc2C(C)C)C2CCC(C(=O)O)CC2)c(OC)n1. The fourth-order valence-corrected chi connectivity index (χ4v) is 4.21. The molecular weight excluding hydrogens is 410 g/mol. The van der Waals surface area contributed by atoms with E-state index in [1.165, 1.54) is 14.2 Å². The minimum Gasteiger partial charge on any atom is -0.481 e. The van der Waals surface area contributed by atoms with E-state index in [1.54, 1.807) is 17.0 Å². The average molecular weight is 442 g/mol. The summed E-state index contributed by atoms with van der Waals surface area (Å²) in [5.41, 5.74) is 2.33. The lowest BCUT2D eigenvalue weighted by atomic mass is 9.85. The lowest BCUT2D eigenvalue weighted by Gasteiger charge is -2.37. The number of ether oxygens (including phenoxy) is 2. The number of carbonyl (C=O) groups excluding carboxylic acids is 1. The van der Waals surface area contributed by atoms with Crippen molar-refractivity contribution in [1.29, 1.82) is 0 Å². The van der Waals surface area contributed by atoms with E-state index >= 15 is 0 Å². The number of aliphatic carboxylic acids is 1. The summed E-state index contributed by atoms with van der Waals surface area (Å²) in [4.78, 5) is 31.0. The largest absolute Gasteiger partial charge is 0.481 e. The van der Waals surface area contributed by atoms with Crippen LogP contribution < -0.4 is 19.7 Å². The number of carbonyl (C=O) groups is 2. The fourth-order valence-electron chi connectivity index (χ4n) is 4.21. The number of hydrogen-bond donors (Lipinski definition) is 2. The van der Waals surface area contributed by atoms with Crippen molar-refractivity contribution in [3.63, 3.8) is 0 Å². The smallest absolute Gasteiger partial charge is 0.326 e. The summed E-state index contributed by atoms with van der Waals surface area (Å²) in [7, 11) is 2.99. The van der Waals surface area contributed by atoms with E-state index in [2.05, 4.69) is 24.1 Å². The van der Waals surface area contributed by atoms with Crippen LogP contribution in [0.2, 0.25) is 0 Å². The van der Waals surface area contributed by atoms with E-state index in [0.717, 1.165) is 11.3 Å². The van der Waals surface area contributed by atoms with Crippen LogP contribution in [-0.2, 0) is 4.79 Å². The molecule has 1 aliphatic carbocycles. The van der Waals surface area contributed by atoms with Crippen LogP contribution in [0.1, 0.15) is 51.0 Å². The molecule has 0 saturated heterocycles. The molecule has 1 aromatic heterocycles. The van der Waals surface area contributed by atoms with Gasteiger partial charge in [0.1, 0.15) is 5.69 Å². The van der Waals surface area contributed by atoms with Crippen molar-refractivity contribution in [3.05, 3.63) is 42.0 Å². The molecule has 1 saturated carbocycles. The third kappa shape index (κ3) is 5.12. The summed E-state index contributed by atoms with van der Waals surface area (Å²) >= 11 is 0. The number of carboxylic acid groups (broad SMARTS) is 1. The number of nitrogens with one attached hydrogen (secondary N) is 1. The average Bonchev–Trinajstić information content (AvgIpc) is 2.80. The molecule has 0 radical (unpaired) electrons. The molecule has 1 aliphatic rings. The van der Waals surface area contributed by atoms with Gasteiger partial charge in [-0.3, -0.25) is 9.69 Å². The van der Waals surface area contributed by atoms with E-state index in [4.69, 9.17) is 9.47 Å². The lowest BCUT2D eigenvalue weighted by Crippen LogP contribution is -2.46. The predicted octanol–water partition coefficient (Wildman–Crippen LogP) is 4.90. The van der Waals surface area contributed by atoms with Gasteiger partial charge in [0.25, 0.3) is 0 Å². The standard InChI is InChI=1S/C24H31N3O5/c1-15(2)18-7-5-6-8-20(18)27(17-11-9-16(10-12-17)23(28)29)24(30)25-19-13-14-21(31-3)26-22(19)32-4/h5-8,13-17H,9-12H2,1-4H3,(H,25,30)(H,28,29). The third-order valence-electron chi connectivity index (χ3n) is 5.93. The zero-order chi connectivity index (χ0) is 23.3. The summed E-state index contributed by atoms with van der Waals surface area (Å²) in [6, 6.07) is 10.8. The first-order chi connectivity index (χ1) is 15.3. The second-order valence-corrected chi connectivity index (χ2v) is 8.27. The van der Waals surface area contributed by atoms with Crippen LogP contribution in [0.5, 0.6) is 11.8 Å². The topological polar surface area (TPSA) is 101 Å². The highest BCUT2D eigenvalue weighted by atomic mass is 16.5. The molecule has 2 amide bonds. The van der Waals surface area contributed by atoms with Gasteiger partial charge in [0.05, 0.1) is 20.1 Å². The number of para-hydroxylation sites is 1. The Labute approximate surface area is 188 Å². The second-order valence-electron chi connectivity index (χ2n) is 8.27. The summed E-state index contributed by atoms with van der Waals surface area (Å²) in [6.45, 7) is 4.18. The van der Waals surface area contributed by atoms with Crippen molar-refractivity contribution in [2.75, 3.05) is 24.4 Å². The number of rotatable bonds is 7. The maximum absolute atomic E-state index is 13.6. The lowest BCUT2D eigenvalue weighted by molar-refractivity contribution is -0.142. The minimum atomic E-state index is -0.768. The Kier molecular flexibility index (Phi) is 7.56. The monoisotopic (exact) mass is 441 g/mol. The Balaban J connectivity index is 1.94. The van der Waals surface area contributed by atoms with Crippen LogP contribution in [0.25, 0.3) is 0 Å². The molecule has 32 heavy (non-hydrogen) atoms. The first-order valence-corrected chi connectivity index (χ1v) is 10.9. The fraction of sp³-hybridized carbons (Fsp3) is 0.458. The highest BCUT2D eigenvalue weighted by molar-refractivity contribution is 6.03. The molecule has 0 unspecified atom stereocenters. The first kappa shape index (κ1) is 23.4. The molecule has 1 aromatic carbocycles. The number of carboxylic acids is 1. The third-order valence-corrected chi connectivity index (χ3v) is 5.93. The van der Waals surface area contributed by atoms with Crippen LogP contribution in [0, 0.1) is 5.92 Å². The predicted molar refractivity (Wildman–Crippen MR) is 123 cm³/mol. The van der Waals surface area contributed by atoms with Gasteiger partial charge in [-0.2, -0.15) is 4.98 Å². The number of benzene rings is 1. The molecule has 2 N–H and O–H groups in total. The molecule has 8 heteroatoms. The Morgan fingerprint density at radius 1 is 1.06 bits per heavy atom. The summed E-state index contributed by atoms with van der Waals surface area (Å²) in [5, 5.41) is 12.3. The van der Waals surface area contributed by atoms with Crippen molar-refractivity contribution < 1.29 is 24.2 Å². The van der Waals surface area contributed by atoms with E-state index in [1.807, 2.05) is 24.3 Å². The number of anilines is 2. The molecular formula is C24H31N3O5. The highest BCUT2D eigenvalue weighted by Crippen LogP contribution is 2.36. The molecule has 0 aliphatic heterocycles. The Bertz CT molecular complexity index is 954. The highest BCUT2D eigenvalue weighted by Gasteiger charge is 2.34. The van der Waals surface area contributed by atoms with E-state index < -0.39 is 5.97 Å². The van der Waals surface area contributed by atoms with E-state index in [-0.39, 0.29) is 29.8 Å². The van der Waals surface area contributed by atoms with Gasteiger partial charge in [-0.1, -0.05) is 32.0 Å². The summed E-state index contributed by atoms with van der Waals surface area (Å²) < 4.78 is 10.5. The quantitative estimate of drug-likeness (QED) is 0.633. The first-order valence-electron chi connectivity index (χ1n) is 10.9. The molecule has 3 rings (SSSR count). The molecule has 8 nitrogen and oxygen atoms in total. The Morgan fingerprint density at radius 2 is 1.75 bits per heavy atom.